The molecule has 0 unspecified atom stereocenters. The van der Waals surface area contributed by atoms with Gasteiger partial charge in [-0.05, 0) is 31.9 Å². The lowest BCUT2D eigenvalue weighted by Crippen LogP contribution is -2.51. The Balaban J connectivity index is 1.52. The first-order valence-electron chi connectivity index (χ1n) is 8.13. The second kappa shape index (κ2) is 7.40. The fourth-order valence-electron chi connectivity index (χ4n) is 3.37. The van der Waals surface area contributed by atoms with Crippen molar-refractivity contribution in [1.82, 2.24) is 9.88 Å². The van der Waals surface area contributed by atoms with E-state index in [1.165, 1.54) is 6.20 Å². The highest BCUT2D eigenvalue weighted by atomic mass is 19.3. The molecule has 1 atom stereocenters. The minimum absolute atomic E-state index is 0.0981. The van der Waals surface area contributed by atoms with E-state index < -0.39 is 6.61 Å². The van der Waals surface area contributed by atoms with Gasteiger partial charge in [0.25, 0.3) is 0 Å². The van der Waals surface area contributed by atoms with Crippen LogP contribution in [-0.2, 0) is 4.74 Å². The number of halogens is 2. The average molecular weight is 327 g/mol. The monoisotopic (exact) mass is 327 g/mol. The van der Waals surface area contributed by atoms with Gasteiger partial charge in [0.1, 0.15) is 11.6 Å². The first-order chi connectivity index (χ1) is 11.1. The van der Waals surface area contributed by atoms with Crippen LogP contribution in [-0.4, -0.2) is 61.4 Å². The fraction of sp³-hybridized carbons (Fsp3) is 0.688. The molecule has 128 valence electrons. The standard InChI is InChI=1S/C16H23F2N3O2/c1-12-11-21(8-9-22-12)13-4-6-20(7-5-13)15-3-2-14(10-19-15)23-16(17)18/h2-3,10,12-13,16H,4-9,11H2,1H3/t12-/m0/s1. The van der Waals surface area contributed by atoms with Gasteiger partial charge in [0, 0.05) is 32.2 Å². The summed E-state index contributed by atoms with van der Waals surface area (Å²) >= 11 is 0. The van der Waals surface area contributed by atoms with Gasteiger partial charge in [-0.15, -0.1) is 0 Å². The maximum atomic E-state index is 12.1. The van der Waals surface area contributed by atoms with Crippen molar-refractivity contribution in [3.8, 4) is 5.75 Å². The molecule has 0 spiro atoms. The summed E-state index contributed by atoms with van der Waals surface area (Å²) in [5, 5.41) is 0. The van der Waals surface area contributed by atoms with Crippen LogP contribution in [0.1, 0.15) is 19.8 Å². The average Bonchev–Trinajstić information content (AvgIpc) is 2.55. The maximum absolute atomic E-state index is 12.1. The second-order valence-corrected chi connectivity index (χ2v) is 6.13. The summed E-state index contributed by atoms with van der Waals surface area (Å²) in [6.45, 7) is 3.99. The van der Waals surface area contributed by atoms with Gasteiger partial charge in [0.15, 0.2) is 0 Å². The highest BCUT2D eigenvalue weighted by Crippen LogP contribution is 2.24. The third-order valence-electron chi connectivity index (χ3n) is 4.52. The quantitative estimate of drug-likeness (QED) is 0.849. The Labute approximate surface area is 135 Å². The molecule has 1 aromatic rings. The smallest absolute Gasteiger partial charge is 0.387 e. The highest BCUT2D eigenvalue weighted by molar-refractivity contribution is 5.41. The minimum Gasteiger partial charge on any atom is -0.433 e. The molecule has 2 saturated heterocycles. The fourth-order valence-corrected chi connectivity index (χ4v) is 3.37. The van der Waals surface area contributed by atoms with Gasteiger partial charge < -0.3 is 14.4 Å². The summed E-state index contributed by atoms with van der Waals surface area (Å²) in [6.07, 6.45) is 3.84. The molecule has 1 aromatic heterocycles. The SMILES string of the molecule is C[C@H]1CN(C2CCN(c3ccc(OC(F)F)cn3)CC2)CCO1. The van der Waals surface area contributed by atoms with Gasteiger partial charge in [0.2, 0.25) is 0 Å². The zero-order valence-corrected chi connectivity index (χ0v) is 13.3. The molecule has 2 aliphatic heterocycles. The Morgan fingerprint density at radius 2 is 2.04 bits per heavy atom. The third-order valence-corrected chi connectivity index (χ3v) is 4.52. The summed E-state index contributed by atoms with van der Waals surface area (Å²) in [6, 6.07) is 3.89. The zero-order chi connectivity index (χ0) is 16.2. The number of alkyl halides is 2. The highest BCUT2D eigenvalue weighted by Gasteiger charge is 2.28. The van der Waals surface area contributed by atoms with Crippen LogP contribution >= 0.6 is 0 Å². The molecule has 0 aromatic carbocycles. The van der Waals surface area contributed by atoms with E-state index in [2.05, 4.69) is 26.4 Å². The van der Waals surface area contributed by atoms with E-state index in [-0.39, 0.29) is 5.75 Å². The minimum atomic E-state index is -2.81. The molecule has 0 radical (unpaired) electrons. The molecule has 3 heterocycles. The number of hydrogen-bond acceptors (Lipinski definition) is 5. The van der Waals surface area contributed by atoms with Crippen molar-refractivity contribution >= 4 is 5.82 Å². The number of nitrogens with zero attached hydrogens (tertiary/aromatic N) is 3. The maximum Gasteiger partial charge on any atom is 0.387 e. The van der Waals surface area contributed by atoms with Crippen LogP contribution in [0, 0.1) is 0 Å². The van der Waals surface area contributed by atoms with Crippen molar-refractivity contribution in [2.45, 2.75) is 38.5 Å². The molecule has 2 fully saturated rings. The van der Waals surface area contributed by atoms with Gasteiger partial charge in [-0.1, -0.05) is 0 Å². The molecule has 0 aliphatic carbocycles. The summed E-state index contributed by atoms with van der Waals surface area (Å²) in [4.78, 5) is 8.97. The summed E-state index contributed by atoms with van der Waals surface area (Å²) in [5.74, 6) is 0.918. The number of anilines is 1. The number of piperidine rings is 1. The van der Waals surface area contributed by atoms with Crippen molar-refractivity contribution in [2.24, 2.45) is 0 Å². The van der Waals surface area contributed by atoms with E-state index in [1.54, 1.807) is 12.1 Å². The van der Waals surface area contributed by atoms with Crippen molar-refractivity contribution in [3.05, 3.63) is 18.3 Å². The van der Waals surface area contributed by atoms with Crippen LogP contribution in [0.25, 0.3) is 0 Å². The summed E-state index contributed by atoms with van der Waals surface area (Å²) < 4.78 is 34.2. The van der Waals surface area contributed by atoms with Crippen molar-refractivity contribution < 1.29 is 18.3 Å². The molecular formula is C16H23F2N3O2. The molecule has 2 aliphatic rings. The zero-order valence-electron chi connectivity index (χ0n) is 13.3. The van der Waals surface area contributed by atoms with Gasteiger partial charge >= 0.3 is 6.61 Å². The molecular weight excluding hydrogens is 304 g/mol. The van der Waals surface area contributed by atoms with Gasteiger partial charge in [0.05, 0.1) is 18.9 Å². The van der Waals surface area contributed by atoms with E-state index in [9.17, 15) is 8.78 Å². The topological polar surface area (TPSA) is 37.8 Å². The largest absolute Gasteiger partial charge is 0.433 e. The van der Waals surface area contributed by atoms with Crippen molar-refractivity contribution in [1.29, 1.82) is 0 Å². The molecule has 0 N–H and O–H groups in total. The lowest BCUT2D eigenvalue weighted by atomic mass is 10.0. The summed E-state index contributed by atoms with van der Waals surface area (Å²) in [7, 11) is 0. The predicted molar refractivity (Wildman–Crippen MR) is 83.1 cm³/mol. The van der Waals surface area contributed by atoms with Crippen LogP contribution in [0.3, 0.4) is 0 Å². The van der Waals surface area contributed by atoms with Crippen LogP contribution in [0.15, 0.2) is 18.3 Å². The molecule has 7 heteroatoms. The Hall–Kier alpha value is -1.47. The third kappa shape index (κ3) is 4.29. The number of aromatic nitrogens is 1. The van der Waals surface area contributed by atoms with E-state index >= 15 is 0 Å². The van der Waals surface area contributed by atoms with Crippen LogP contribution in [0.2, 0.25) is 0 Å². The van der Waals surface area contributed by atoms with E-state index in [4.69, 9.17) is 4.74 Å². The van der Waals surface area contributed by atoms with Crippen molar-refractivity contribution in [2.75, 3.05) is 37.7 Å². The molecule has 0 amide bonds. The molecule has 0 bridgehead atoms. The van der Waals surface area contributed by atoms with E-state index in [1.807, 2.05) is 0 Å². The Morgan fingerprint density at radius 1 is 1.26 bits per heavy atom. The first kappa shape index (κ1) is 16.4. The number of rotatable bonds is 4. The van der Waals surface area contributed by atoms with Crippen LogP contribution < -0.4 is 9.64 Å². The van der Waals surface area contributed by atoms with Gasteiger partial charge in [-0.2, -0.15) is 8.78 Å². The van der Waals surface area contributed by atoms with Gasteiger partial charge in [-0.25, -0.2) is 4.98 Å². The normalized spacial score (nSPS) is 24.2. The van der Waals surface area contributed by atoms with E-state index in [0.717, 1.165) is 51.4 Å². The molecule has 0 saturated carbocycles. The Bertz CT molecular complexity index is 493. The Morgan fingerprint density at radius 3 is 2.65 bits per heavy atom. The number of morpholine rings is 1. The first-order valence-corrected chi connectivity index (χ1v) is 8.13. The summed E-state index contributed by atoms with van der Waals surface area (Å²) in [5.41, 5.74) is 0. The number of pyridine rings is 1. The molecule has 3 rings (SSSR count). The lowest BCUT2D eigenvalue weighted by molar-refractivity contribution is -0.0500. The predicted octanol–water partition coefficient (Wildman–Crippen LogP) is 2.37. The number of hydrogen-bond donors (Lipinski definition) is 0. The molecule has 5 nitrogen and oxygen atoms in total. The lowest BCUT2D eigenvalue weighted by Gasteiger charge is -2.42. The second-order valence-electron chi connectivity index (χ2n) is 6.13. The van der Waals surface area contributed by atoms with E-state index in [0.29, 0.717) is 12.1 Å². The molecule has 23 heavy (non-hydrogen) atoms. The number of ether oxygens (including phenoxy) is 2. The van der Waals surface area contributed by atoms with Crippen molar-refractivity contribution in [3.63, 3.8) is 0 Å². The van der Waals surface area contributed by atoms with Crippen LogP contribution in [0.5, 0.6) is 5.75 Å². The Kier molecular flexibility index (Phi) is 5.27. The van der Waals surface area contributed by atoms with Crippen LogP contribution in [0.4, 0.5) is 14.6 Å². The van der Waals surface area contributed by atoms with Gasteiger partial charge in [-0.3, -0.25) is 4.90 Å².